The second-order valence-electron chi connectivity index (χ2n) is 5.89. The van der Waals surface area contributed by atoms with Crippen LogP contribution < -0.4 is 9.80 Å². The van der Waals surface area contributed by atoms with E-state index in [0.29, 0.717) is 10.7 Å². The van der Waals surface area contributed by atoms with E-state index in [4.69, 9.17) is 0 Å². The molecular weight excluding hydrogens is 320 g/mol. The molecule has 124 valence electrons. The van der Waals surface area contributed by atoms with Gasteiger partial charge in [-0.3, -0.25) is 0 Å². The van der Waals surface area contributed by atoms with Gasteiger partial charge in [-0.25, -0.2) is 9.97 Å². The zero-order valence-corrected chi connectivity index (χ0v) is 15.0. The minimum absolute atomic E-state index is 0.208. The number of rotatable bonds is 4. The van der Waals surface area contributed by atoms with Crippen molar-refractivity contribution in [3.8, 4) is 26.9 Å². The molecule has 5 nitrogen and oxygen atoms in total. The minimum Gasteiger partial charge on any atom is -0.506 e. The molecular formula is C18H20N4OS. The highest BCUT2D eigenvalue weighted by molar-refractivity contribution is 7.19. The fraction of sp³-hybridized carbons (Fsp3) is 0.222. The highest BCUT2D eigenvalue weighted by atomic mass is 32.1. The first-order valence-electron chi connectivity index (χ1n) is 7.58. The molecule has 0 aliphatic rings. The summed E-state index contributed by atoms with van der Waals surface area (Å²) in [6, 6.07) is 13.7. The predicted octanol–water partition coefficient (Wildman–Crippen LogP) is 3.71. The van der Waals surface area contributed by atoms with Crippen molar-refractivity contribution < 1.29 is 5.11 Å². The van der Waals surface area contributed by atoms with Gasteiger partial charge in [-0.15, -0.1) is 11.3 Å². The molecule has 1 aromatic carbocycles. The molecule has 3 aromatic rings. The lowest BCUT2D eigenvalue weighted by molar-refractivity contribution is 0.479. The van der Waals surface area contributed by atoms with Gasteiger partial charge in [0.1, 0.15) is 22.3 Å². The summed E-state index contributed by atoms with van der Waals surface area (Å²) >= 11 is 1.49. The Labute approximate surface area is 145 Å². The van der Waals surface area contributed by atoms with Gasteiger partial charge in [0.2, 0.25) is 0 Å². The number of nitrogens with zero attached hydrogens (tertiary/aromatic N) is 4. The second-order valence-corrected chi connectivity index (χ2v) is 6.94. The number of hydrogen-bond donors (Lipinski definition) is 1. The molecule has 24 heavy (non-hydrogen) atoms. The molecule has 0 atom stereocenters. The largest absolute Gasteiger partial charge is 0.506 e. The minimum atomic E-state index is 0.208. The summed E-state index contributed by atoms with van der Waals surface area (Å²) in [6.45, 7) is 0. The van der Waals surface area contributed by atoms with Gasteiger partial charge < -0.3 is 14.9 Å². The predicted molar refractivity (Wildman–Crippen MR) is 101 cm³/mol. The highest BCUT2D eigenvalue weighted by Gasteiger charge is 2.17. The topological polar surface area (TPSA) is 52.5 Å². The van der Waals surface area contributed by atoms with Crippen LogP contribution in [0.25, 0.3) is 21.1 Å². The van der Waals surface area contributed by atoms with Gasteiger partial charge in [0, 0.05) is 39.1 Å². The molecule has 2 heterocycles. The van der Waals surface area contributed by atoms with Crippen molar-refractivity contribution in [3.05, 3.63) is 42.5 Å². The van der Waals surface area contributed by atoms with Gasteiger partial charge in [-0.2, -0.15) is 0 Å². The molecule has 0 amide bonds. The van der Waals surface area contributed by atoms with E-state index in [9.17, 15) is 5.11 Å². The number of thiophene rings is 1. The van der Waals surface area contributed by atoms with Gasteiger partial charge in [0.25, 0.3) is 0 Å². The molecule has 3 rings (SSSR count). The first-order valence-corrected chi connectivity index (χ1v) is 8.39. The Hall–Kier alpha value is -2.60. The van der Waals surface area contributed by atoms with Crippen molar-refractivity contribution in [2.75, 3.05) is 38.0 Å². The zero-order valence-electron chi connectivity index (χ0n) is 14.2. The van der Waals surface area contributed by atoms with E-state index in [-0.39, 0.29) is 5.75 Å². The number of aromatic nitrogens is 2. The summed E-state index contributed by atoms with van der Waals surface area (Å²) in [5, 5.41) is 10.4. The van der Waals surface area contributed by atoms with E-state index in [1.165, 1.54) is 11.3 Å². The lowest BCUT2D eigenvalue weighted by Gasteiger charge is -2.17. The maximum Gasteiger partial charge on any atom is 0.177 e. The molecule has 0 fully saturated rings. The van der Waals surface area contributed by atoms with Crippen LogP contribution in [0.4, 0.5) is 11.6 Å². The normalized spacial score (nSPS) is 10.7. The van der Waals surface area contributed by atoms with E-state index in [0.717, 1.165) is 22.1 Å². The molecule has 0 aliphatic heterocycles. The van der Waals surface area contributed by atoms with Gasteiger partial charge in [0.05, 0.1) is 0 Å². The van der Waals surface area contributed by atoms with Crippen LogP contribution in [-0.4, -0.2) is 43.3 Å². The zero-order chi connectivity index (χ0) is 17.3. The molecule has 0 bridgehead atoms. The Balaban J connectivity index is 2.10. The van der Waals surface area contributed by atoms with Crippen LogP contribution in [0.15, 0.2) is 42.5 Å². The van der Waals surface area contributed by atoms with Crippen LogP contribution in [0, 0.1) is 0 Å². The fourth-order valence-corrected chi connectivity index (χ4v) is 3.26. The first-order chi connectivity index (χ1) is 11.5. The molecule has 0 spiro atoms. The number of aromatic hydroxyl groups is 1. The van der Waals surface area contributed by atoms with E-state index >= 15 is 0 Å². The van der Waals surface area contributed by atoms with Crippen molar-refractivity contribution in [1.29, 1.82) is 0 Å². The maximum absolute atomic E-state index is 10.4. The van der Waals surface area contributed by atoms with E-state index in [2.05, 4.69) is 9.97 Å². The molecule has 0 saturated carbocycles. The van der Waals surface area contributed by atoms with Crippen LogP contribution in [0.5, 0.6) is 5.75 Å². The molecule has 1 N–H and O–H groups in total. The third kappa shape index (κ3) is 3.19. The van der Waals surface area contributed by atoms with Crippen molar-refractivity contribution in [2.24, 2.45) is 0 Å². The highest BCUT2D eigenvalue weighted by Crippen LogP contribution is 2.41. The Morgan fingerprint density at radius 3 is 2.00 bits per heavy atom. The summed E-state index contributed by atoms with van der Waals surface area (Å²) in [5.41, 5.74) is 1.07. The number of anilines is 2. The van der Waals surface area contributed by atoms with Crippen LogP contribution >= 0.6 is 11.3 Å². The SMILES string of the molecule is CN(C)c1cc(N(C)C)nc(-c2sc(-c3ccccc3)cc2O)n1. The van der Waals surface area contributed by atoms with Crippen molar-refractivity contribution in [3.63, 3.8) is 0 Å². The summed E-state index contributed by atoms with van der Waals surface area (Å²) in [5.74, 6) is 2.35. The van der Waals surface area contributed by atoms with Crippen LogP contribution in [0.2, 0.25) is 0 Å². The number of hydrogen-bond acceptors (Lipinski definition) is 6. The van der Waals surface area contributed by atoms with Crippen LogP contribution in [0.1, 0.15) is 0 Å². The third-order valence-corrected chi connectivity index (χ3v) is 4.76. The average Bonchev–Trinajstić information content (AvgIpc) is 2.97. The van der Waals surface area contributed by atoms with E-state index in [1.807, 2.05) is 74.4 Å². The fourth-order valence-electron chi connectivity index (χ4n) is 2.27. The van der Waals surface area contributed by atoms with Gasteiger partial charge in [0.15, 0.2) is 5.82 Å². The Morgan fingerprint density at radius 1 is 0.875 bits per heavy atom. The Bertz CT molecular complexity index is 817. The number of benzene rings is 1. The van der Waals surface area contributed by atoms with Crippen molar-refractivity contribution in [1.82, 2.24) is 9.97 Å². The van der Waals surface area contributed by atoms with Gasteiger partial charge >= 0.3 is 0 Å². The van der Waals surface area contributed by atoms with Crippen molar-refractivity contribution >= 4 is 23.0 Å². The maximum atomic E-state index is 10.4. The standard InChI is InChI=1S/C18H20N4OS/c1-21(2)15-11-16(22(3)4)20-18(19-15)17-13(23)10-14(24-17)12-8-6-5-7-9-12/h5-11,23H,1-4H3. The van der Waals surface area contributed by atoms with Gasteiger partial charge in [-0.1, -0.05) is 30.3 Å². The lowest BCUT2D eigenvalue weighted by Crippen LogP contribution is -2.16. The van der Waals surface area contributed by atoms with Gasteiger partial charge in [-0.05, 0) is 11.6 Å². The Kier molecular flexibility index (Phi) is 4.40. The third-order valence-electron chi connectivity index (χ3n) is 3.59. The average molecular weight is 340 g/mol. The lowest BCUT2D eigenvalue weighted by atomic mass is 10.2. The molecule has 2 aromatic heterocycles. The van der Waals surface area contributed by atoms with E-state index < -0.39 is 0 Å². The smallest absolute Gasteiger partial charge is 0.177 e. The molecule has 0 unspecified atom stereocenters. The Morgan fingerprint density at radius 2 is 1.46 bits per heavy atom. The monoisotopic (exact) mass is 340 g/mol. The molecule has 6 heteroatoms. The quantitative estimate of drug-likeness (QED) is 0.785. The summed E-state index contributed by atoms with van der Waals surface area (Å²) in [7, 11) is 7.76. The second kappa shape index (κ2) is 6.49. The van der Waals surface area contributed by atoms with Crippen LogP contribution in [-0.2, 0) is 0 Å². The molecule has 0 radical (unpaired) electrons. The molecule has 0 saturated heterocycles. The summed E-state index contributed by atoms with van der Waals surface area (Å²) in [6.07, 6.45) is 0. The van der Waals surface area contributed by atoms with E-state index in [1.54, 1.807) is 6.07 Å². The summed E-state index contributed by atoms with van der Waals surface area (Å²) < 4.78 is 0. The summed E-state index contributed by atoms with van der Waals surface area (Å²) in [4.78, 5) is 14.7. The van der Waals surface area contributed by atoms with Crippen molar-refractivity contribution in [2.45, 2.75) is 0 Å². The first kappa shape index (κ1) is 16.3. The van der Waals surface area contributed by atoms with Crippen LogP contribution in [0.3, 0.4) is 0 Å². The molecule has 0 aliphatic carbocycles.